The number of nitrogens with one attached hydrogen (secondary N) is 1. The van der Waals surface area contributed by atoms with Crippen LogP contribution in [0.3, 0.4) is 0 Å². The van der Waals surface area contributed by atoms with E-state index in [-0.39, 0.29) is 5.91 Å². The molecule has 1 aromatic heterocycles. The average molecular weight is 368 g/mol. The van der Waals surface area contributed by atoms with E-state index >= 15 is 0 Å². The maximum atomic E-state index is 12.6. The van der Waals surface area contributed by atoms with E-state index in [0.717, 1.165) is 27.7 Å². The van der Waals surface area contributed by atoms with Gasteiger partial charge in [-0.05, 0) is 36.8 Å². The summed E-state index contributed by atoms with van der Waals surface area (Å²) >= 11 is 1.55. The second kappa shape index (κ2) is 8.58. The highest BCUT2D eigenvalue weighted by Gasteiger charge is 2.12. The maximum absolute atomic E-state index is 12.6. The van der Waals surface area contributed by atoms with Crippen molar-refractivity contribution in [1.82, 2.24) is 10.5 Å². The summed E-state index contributed by atoms with van der Waals surface area (Å²) in [6, 6.07) is 17.1. The quantitative estimate of drug-likeness (QED) is 0.633. The summed E-state index contributed by atoms with van der Waals surface area (Å²) < 4.78 is 10.4. The Hall–Kier alpha value is -2.73. The van der Waals surface area contributed by atoms with Gasteiger partial charge >= 0.3 is 0 Å². The summed E-state index contributed by atoms with van der Waals surface area (Å²) in [6.07, 6.45) is 0. The summed E-state index contributed by atoms with van der Waals surface area (Å²) in [6.45, 7) is 2.33. The molecule has 2 aromatic carbocycles. The number of thioether (sulfide) groups is 1. The highest BCUT2D eigenvalue weighted by atomic mass is 32.2. The van der Waals surface area contributed by atoms with Crippen LogP contribution in [0.15, 0.2) is 64.0 Å². The van der Waals surface area contributed by atoms with Gasteiger partial charge < -0.3 is 14.6 Å². The Balaban J connectivity index is 1.65. The van der Waals surface area contributed by atoms with E-state index in [2.05, 4.69) is 10.5 Å². The van der Waals surface area contributed by atoms with Crippen LogP contribution in [0, 0.1) is 6.92 Å². The molecular formula is C20H20N2O3S. The highest BCUT2D eigenvalue weighted by molar-refractivity contribution is 7.98. The molecule has 0 radical (unpaired) electrons. The predicted molar refractivity (Wildman–Crippen MR) is 101 cm³/mol. The molecule has 134 valence electrons. The number of ether oxygens (including phenoxy) is 1. The zero-order chi connectivity index (χ0) is 18.4. The van der Waals surface area contributed by atoms with Crippen LogP contribution in [0.1, 0.15) is 27.4 Å². The largest absolute Gasteiger partial charge is 0.497 e. The van der Waals surface area contributed by atoms with Crippen molar-refractivity contribution in [3.05, 3.63) is 77.2 Å². The molecule has 5 nitrogen and oxygen atoms in total. The third-order valence-corrected chi connectivity index (χ3v) is 4.86. The lowest BCUT2D eigenvalue weighted by Gasteiger charge is -2.10. The molecule has 0 aliphatic carbocycles. The highest BCUT2D eigenvalue weighted by Crippen LogP contribution is 2.26. The lowest BCUT2D eigenvalue weighted by atomic mass is 10.2. The monoisotopic (exact) mass is 368 g/mol. The van der Waals surface area contributed by atoms with Gasteiger partial charge in [0, 0.05) is 17.5 Å². The minimum Gasteiger partial charge on any atom is -0.497 e. The summed E-state index contributed by atoms with van der Waals surface area (Å²) in [5, 5.41) is 6.85. The molecule has 0 saturated carbocycles. The van der Waals surface area contributed by atoms with Crippen LogP contribution in [-0.2, 0) is 12.3 Å². The standard InChI is InChI=1S/C20H20N2O3S/c1-14-10-17(25-22-14)13-26-19-9-4-3-8-18(19)20(23)21-12-15-6-5-7-16(11-15)24-2/h3-11H,12-13H2,1-2H3,(H,21,23). The molecule has 6 heteroatoms. The average Bonchev–Trinajstić information content (AvgIpc) is 3.10. The molecule has 0 aliphatic rings. The zero-order valence-corrected chi connectivity index (χ0v) is 15.5. The number of carbonyl (C=O) groups is 1. The molecular weight excluding hydrogens is 348 g/mol. The fourth-order valence-electron chi connectivity index (χ4n) is 2.47. The molecule has 0 spiro atoms. The fourth-order valence-corrected chi connectivity index (χ4v) is 3.40. The van der Waals surface area contributed by atoms with Crippen molar-refractivity contribution in [2.75, 3.05) is 7.11 Å². The Morgan fingerprint density at radius 2 is 2.04 bits per heavy atom. The first kappa shape index (κ1) is 18.1. The van der Waals surface area contributed by atoms with Crippen molar-refractivity contribution in [1.29, 1.82) is 0 Å². The first-order chi connectivity index (χ1) is 12.7. The fraction of sp³-hybridized carbons (Fsp3) is 0.200. The number of hydrogen-bond acceptors (Lipinski definition) is 5. The van der Waals surface area contributed by atoms with Crippen molar-refractivity contribution in [3.8, 4) is 5.75 Å². The van der Waals surface area contributed by atoms with Gasteiger partial charge in [0.15, 0.2) is 0 Å². The van der Waals surface area contributed by atoms with E-state index in [1.807, 2.05) is 61.5 Å². The van der Waals surface area contributed by atoms with Crippen molar-refractivity contribution in [2.45, 2.75) is 24.1 Å². The SMILES string of the molecule is COc1cccc(CNC(=O)c2ccccc2SCc2cc(C)no2)c1. The van der Waals surface area contributed by atoms with Crippen LogP contribution in [0.25, 0.3) is 0 Å². The second-order valence-corrected chi connectivity index (χ2v) is 6.77. The molecule has 0 saturated heterocycles. The lowest BCUT2D eigenvalue weighted by molar-refractivity contribution is 0.0948. The van der Waals surface area contributed by atoms with Crippen LogP contribution >= 0.6 is 11.8 Å². The van der Waals surface area contributed by atoms with E-state index in [1.54, 1.807) is 18.9 Å². The van der Waals surface area contributed by atoms with Crippen molar-refractivity contribution in [3.63, 3.8) is 0 Å². The van der Waals surface area contributed by atoms with Crippen LogP contribution in [0.5, 0.6) is 5.75 Å². The Morgan fingerprint density at radius 1 is 1.19 bits per heavy atom. The number of aromatic nitrogens is 1. The topological polar surface area (TPSA) is 64.4 Å². The summed E-state index contributed by atoms with van der Waals surface area (Å²) in [7, 11) is 1.63. The van der Waals surface area contributed by atoms with Gasteiger partial charge in [0.25, 0.3) is 5.91 Å². The molecule has 0 atom stereocenters. The molecule has 0 unspecified atom stereocenters. The third kappa shape index (κ3) is 4.67. The number of benzene rings is 2. The van der Waals surface area contributed by atoms with E-state index < -0.39 is 0 Å². The van der Waals surface area contributed by atoms with Gasteiger partial charge in [0.05, 0.1) is 24.1 Å². The molecule has 0 aliphatic heterocycles. The summed E-state index contributed by atoms with van der Waals surface area (Å²) in [5.74, 6) is 2.08. The number of rotatable bonds is 7. The minimum absolute atomic E-state index is 0.107. The third-order valence-electron chi connectivity index (χ3n) is 3.77. The van der Waals surface area contributed by atoms with Gasteiger partial charge in [-0.25, -0.2) is 0 Å². The number of methoxy groups -OCH3 is 1. The van der Waals surface area contributed by atoms with Crippen LogP contribution in [0.4, 0.5) is 0 Å². The second-order valence-electron chi connectivity index (χ2n) is 5.75. The van der Waals surface area contributed by atoms with E-state index in [4.69, 9.17) is 9.26 Å². The molecule has 26 heavy (non-hydrogen) atoms. The van der Waals surface area contributed by atoms with Gasteiger partial charge in [0.1, 0.15) is 11.5 Å². The summed E-state index contributed by atoms with van der Waals surface area (Å²) in [4.78, 5) is 13.5. The smallest absolute Gasteiger partial charge is 0.252 e. The van der Waals surface area contributed by atoms with Crippen LogP contribution in [0.2, 0.25) is 0 Å². The normalized spacial score (nSPS) is 10.5. The predicted octanol–water partition coefficient (Wildman–Crippen LogP) is 4.21. The van der Waals surface area contributed by atoms with Crippen molar-refractivity contribution in [2.24, 2.45) is 0 Å². The Bertz CT molecular complexity index is 892. The Labute approximate surface area is 156 Å². The van der Waals surface area contributed by atoms with E-state index in [9.17, 15) is 4.79 Å². The maximum Gasteiger partial charge on any atom is 0.252 e. The molecule has 1 N–H and O–H groups in total. The number of carbonyl (C=O) groups excluding carboxylic acids is 1. The van der Waals surface area contributed by atoms with Gasteiger partial charge in [-0.2, -0.15) is 0 Å². The van der Waals surface area contributed by atoms with Crippen LogP contribution < -0.4 is 10.1 Å². The first-order valence-corrected chi connectivity index (χ1v) is 9.19. The molecule has 3 aromatic rings. The molecule has 0 bridgehead atoms. The number of hydrogen-bond donors (Lipinski definition) is 1. The van der Waals surface area contributed by atoms with Gasteiger partial charge in [0.2, 0.25) is 0 Å². The molecule has 0 fully saturated rings. The first-order valence-electron chi connectivity index (χ1n) is 8.21. The van der Waals surface area contributed by atoms with E-state index in [1.165, 1.54) is 0 Å². The Kier molecular flexibility index (Phi) is 5.96. The number of aryl methyl sites for hydroxylation is 1. The van der Waals surface area contributed by atoms with Gasteiger partial charge in [-0.1, -0.05) is 29.4 Å². The van der Waals surface area contributed by atoms with Gasteiger partial charge in [-0.3, -0.25) is 4.79 Å². The van der Waals surface area contributed by atoms with Crippen LogP contribution in [-0.4, -0.2) is 18.2 Å². The van der Waals surface area contributed by atoms with Gasteiger partial charge in [-0.15, -0.1) is 11.8 Å². The zero-order valence-electron chi connectivity index (χ0n) is 14.7. The van der Waals surface area contributed by atoms with Crippen molar-refractivity contribution < 1.29 is 14.1 Å². The summed E-state index contributed by atoms with van der Waals surface area (Å²) in [5.41, 5.74) is 2.49. The minimum atomic E-state index is -0.107. The molecule has 3 rings (SSSR count). The lowest BCUT2D eigenvalue weighted by Crippen LogP contribution is -2.23. The van der Waals surface area contributed by atoms with E-state index in [0.29, 0.717) is 17.9 Å². The Morgan fingerprint density at radius 3 is 2.81 bits per heavy atom. The number of nitrogens with zero attached hydrogens (tertiary/aromatic N) is 1. The van der Waals surface area contributed by atoms with Crippen molar-refractivity contribution >= 4 is 17.7 Å². The number of amides is 1. The molecule has 1 amide bonds. The molecule has 1 heterocycles.